The number of benzene rings is 3. The average molecular weight is 327 g/mol. The first-order valence-electron chi connectivity index (χ1n) is 7.27. The van der Waals surface area contributed by atoms with E-state index in [1.54, 1.807) is 43.3 Å². The van der Waals surface area contributed by atoms with Gasteiger partial charge in [0.25, 0.3) is 0 Å². The molecule has 0 radical (unpaired) electrons. The molecule has 3 aromatic rings. The molecule has 0 spiro atoms. The fourth-order valence-corrected chi connectivity index (χ4v) is 4.06. The van der Waals surface area contributed by atoms with Gasteiger partial charge in [-0.1, -0.05) is 54.6 Å². The lowest BCUT2D eigenvalue weighted by molar-refractivity contribution is 0.481. The van der Waals surface area contributed by atoms with E-state index < -0.39 is 10.0 Å². The van der Waals surface area contributed by atoms with Crippen molar-refractivity contribution in [2.45, 2.75) is 17.9 Å². The predicted octanol–water partition coefficient (Wildman–Crippen LogP) is 3.58. The maximum absolute atomic E-state index is 12.7. The van der Waals surface area contributed by atoms with Crippen molar-refractivity contribution in [2.75, 3.05) is 0 Å². The van der Waals surface area contributed by atoms with Gasteiger partial charge in [-0.15, -0.1) is 0 Å². The second kappa shape index (κ2) is 6.02. The molecule has 1 atom stereocenters. The second-order valence-electron chi connectivity index (χ2n) is 5.38. The van der Waals surface area contributed by atoms with Crippen molar-refractivity contribution < 1.29 is 13.5 Å². The molecule has 118 valence electrons. The Labute approximate surface area is 135 Å². The summed E-state index contributed by atoms with van der Waals surface area (Å²) in [6.45, 7) is 1.80. The highest BCUT2D eigenvalue weighted by atomic mass is 32.2. The van der Waals surface area contributed by atoms with Crippen LogP contribution in [0.15, 0.2) is 71.6 Å². The lowest BCUT2D eigenvalue weighted by atomic mass is 10.1. The van der Waals surface area contributed by atoms with Crippen LogP contribution in [0.2, 0.25) is 0 Å². The Morgan fingerprint density at radius 3 is 2.26 bits per heavy atom. The molecular formula is C18H17NO3S. The Bertz CT molecular complexity index is 937. The first-order chi connectivity index (χ1) is 11.0. The SMILES string of the molecule is CC(NS(=O)(=O)c1cccc2c(O)cccc12)c1ccccc1. The molecule has 0 amide bonds. The zero-order valence-electron chi connectivity index (χ0n) is 12.6. The summed E-state index contributed by atoms with van der Waals surface area (Å²) < 4.78 is 28.2. The molecule has 0 saturated carbocycles. The van der Waals surface area contributed by atoms with Gasteiger partial charge in [-0.05, 0) is 24.6 Å². The number of fused-ring (bicyclic) bond motifs is 1. The molecule has 0 aliphatic carbocycles. The number of phenolic OH excluding ortho intramolecular Hbond substituents is 1. The van der Waals surface area contributed by atoms with Crippen LogP contribution in [0.1, 0.15) is 18.5 Å². The number of hydrogen-bond acceptors (Lipinski definition) is 3. The van der Waals surface area contributed by atoms with E-state index in [1.807, 2.05) is 30.3 Å². The lowest BCUT2D eigenvalue weighted by Gasteiger charge is -2.16. The van der Waals surface area contributed by atoms with Gasteiger partial charge >= 0.3 is 0 Å². The van der Waals surface area contributed by atoms with Crippen LogP contribution in [-0.2, 0) is 10.0 Å². The minimum absolute atomic E-state index is 0.0654. The quantitative estimate of drug-likeness (QED) is 0.769. The van der Waals surface area contributed by atoms with Crippen LogP contribution in [0.4, 0.5) is 0 Å². The van der Waals surface area contributed by atoms with E-state index in [1.165, 1.54) is 0 Å². The number of rotatable bonds is 4. The molecule has 3 rings (SSSR count). The van der Waals surface area contributed by atoms with Crippen molar-refractivity contribution in [3.63, 3.8) is 0 Å². The first kappa shape index (κ1) is 15.5. The van der Waals surface area contributed by atoms with Gasteiger partial charge in [0.1, 0.15) is 5.75 Å². The molecule has 4 nitrogen and oxygen atoms in total. The summed E-state index contributed by atoms with van der Waals surface area (Å²) in [6, 6.07) is 18.8. The Balaban J connectivity index is 2.02. The van der Waals surface area contributed by atoms with Gasteiger partial charge in [0.05, 0.1) is 4.90 Å². The summed E-state index contributed by atoms with van der Waals surface area (Å²) in [5.74, 6) is 0.0654. The van der Waals surface area contributed by atoms with E-state index in [0.717, 1.165) is 5.56 Å². The average Bonchev–Trinajstić information content (AvgIpc) is 2.55. The highest BCUT2D eigenvalue weighted by Gasteiger charge is 2.21. The maximum Gasteiger partial charge on any atom is 0.241 e. The third-order valence-electron chi connectivity index (χ3n) is 3.78. The van der Waals surface area contributed by atoms with Crippen LogP contribution in [0.3, 0.4) is 0 Å². The van der Waals surface area contributed by atoms with Crippen LogP contribution in [-0.4, -0.2) is 13.5 Å². The van der Waals surface area contributed by atoms with Crippen molar-refractivity contribution in [1.29, 1.82) is 0 Å². The van der Waals surface area contributed by atoms with Gasteiger partial charge in [0, 0.05) is 16.8 Å². The molecule has 0 heterocycles. The monoisotopic (exact) mass is 327 g/mol. The van der Waals surface area contributed by atoms with Crippen molar-refractivity contribution in [2.24, 2.45) is 0 Å². The summed E-state index contributed by atoms with van der Waals surface area (Å²) in [5, 5.41) is 10.9. The number of nitrogens with one attached hydrogen (secondary N) is 1. The van der Waals surface area contributed by atoms with E-state index in [4.69, 9.17) is 0 Å². The van der Waals surface area contributed by atoms with E-state index in [9.17, 15) is 13.5 Å². The van der Waals surface area contributed by atoms with E-state index in [-0.39, 0.29) is 16.7 Å². The topological polar surface area (TPSA) is 66.4 Å². The molecule has 0 aliphatic rings. The van der Waals surface area contributed by atoms with Crippen LogP contribution in [0.5, 0.6) is 5.75 Å². The minimum atomic E-state index is -3.71. The largest absolute Gasteiger partial charge is 0.507 e. The van der Waals surface area contributed by atoms with Gasteiger partial charge < -0.3 is 5.11 Å². The number of aromatic hydroxyl groups is 1. The highest BCUT2D eigenvalue weighted by molar-refractivity contribution is 7.89. The molecule has 5 heteroatoms. The molecule has 3 aromatic carbocycles. The molecule has 0 aromatic heterocycles. The number of phenols is 1. The normalized spacial score (nSPS) is 13.1. The van der Waals surface area contributed by atoms with Crippen molar-refractivity contribution >= 4 is 20.8 Å². The third kappa shape index (κ3) is 3.06. The fourth-order valence-electron chi connectivity index (χ4n) is 2.60. The summed E-state index contributed by atoms with van der Waals surface area (Å²) in [5.41, 5.74) is 0.888. The zero-order chi connectivity index (χ0) is 16.4. The van der Waals surface area contributed by atoms with Gasteiger partial charge in [-0.25, -0.2) is 13.1 Å². The van der Waals surface area contributed by atoms with E-state index >= 15 is 0 Å². The second-order valence-corrected chi connectivity index (χ2v) is 7.06. The molecule has 0 fully saturated rings. The lowest BCUT2D eigenvalue weighted by Crippen LogP contribution is -2.27. The Morgan fingerprint density at radius 2 is 1.52 bits per heavy atom. The summed E-state index contributed by atoms with van der Waals surface area (Å²) >= 11 is 0. The molecule has 0 bridgehead atoms. The van der Waals surface area contributed by atoms with Crippen molar-refractivity contribution in [3.8, 4) is 5.75 Å². The number of hydrogen-bond donors (Lipinski definition) is 2. The molecular weight excluding hydrogens is 310 g/mol. The van der Waals surface area contributed by atoms with Gasteiger partial charge in [-0.3, -0.25) is 0 Å². The maximum atomic E-state index is 12.7. The van der Waals surface area contributed by atoms with Crippen LogP contribution in [0, 0.1) is 0 Å². The predicted molar refractivity (Wildman–Crippen MR) is 90.8 cm³/mol. The third-order valence-corrected chi connectivity index (χ3v) is 5.38. The standard InChI is InChI=1S/C18H17NO3S/c1-13(14-7-3-2-4-8-14)19-23(21,22)18-12-6-9-15-16(18)10-5-11-17(15)20/h2-13,19-20H,1H3. The molecule has 2 N–H and O–H groups in total. The van der Waals surface area contributed by atoms with Gasteiger partial charge in [0.15, 0.2) is 0 Å². The van der Waals surface area contributed by atoms with Gasteiger partial charge in [0.2, 0.25) is 10.0 Å². The van der Waals surface area contributed by atoms with Gasteiger partial charge in [-0.2, -0.15) is 0 Å². The Morgan fingerprint density at radius 1 is 0.870 bits per heavy atom. The Kier molecular flexibility index (Phi) is 4.07. The summed E-state index contributed by atoms with van der Waals surface area (Å²) in [7, 11) is -3.71. The van der Waals surface area contributed by atoms with Crippen LogP contribution >= 0.6 is 0 Å². The smallest absolute Gasteiger partial charge is 0.241 e. The Hall–Kier alpha value is -2.37. The molecule has 0 aliphatic heterocycles. The summed E-state index contributed by atoms with van der Waals surface area (Å²) in [4.78, 5) is 0.161. The van der Waals surface area contributed by atoms with Crippen molar-refractivity contribution in [3.05, 3.63) is 72.3 Å². The molecule has 23 heavy (non-hydrogen) atoms. The highest BCUT2D eigenvalue weighted by Crippen LogP contribution is 2.30. The molecule has 0 saturated heterocycles. The zero-order valence-corrected chi connectivity index (χ0v) is 13.4. The van der Waals surface area contributed by atoms with Crippen molar-refractivity contribution in [1.82, 2.24) is 4.72 Å². The minimum Gasteiger partial charge on any atom is -0.507 e. The van der Waals surface area contributed by atoms with Crippen LogP contribution < -0.4 is 4.72 Å². The fraction of sp³-hybridized carbons (Fsp3) is 0.111. The van der Waals surface area contributed by atoms with Crippen LogP contribution in [0.25, 0.3) is 10.8 Å². The molecule has 1 unspecified atom stereocenters. The van der Waals surface area contributed by atoms with E-state index in [2.05, 4.69) is 4.72 Å². The number of sulfonamides is 1. The first-order valence-corrected chi connectivity index (χ1v) is 8.75. The summed E-state index contributed by atoms with van der Waals surface area (Å²) in [6.07, 6.45) is 0. The van der Waals surface area contributed by atoms with E-state index in [0.29, 0.717) is 10.8 Å².